The Hall–Kier alpha value is -4.76. The zero-order valence-corrected chi connectivity index (χ0v) is 25.9. The molecule has 1 amide bonds. The van der Waals surface area contributed by atoms with Crippen molar-refractivity contribution in [3.63, 3.8) is 0 Å². The number of halogens is 2. The molecular weight excluding hydrogens is 618 g/mol. The maximum atomic E-state index is 15.9. The number of hydrogen-bond donors (Lipinski definition) is 4. The number of aliphatic hydroxyl groups excluding tert-OH is 2. The van der Waals surface area contributed by atoms with Crippen LogP contribution in [0.15, 0.2) is 54.0 Å². The van der Waals surface area contributed by atoms with Crippen LogP contribution in [0.25, 0.3) is 54.8 Å². The number of benzene rings is 2. The van der Waals surface area contributed by atoms with Crippen molar-refractivity contribution in [2.24, 2.45) is 7.05 Å². The molecule has 0 aliphatic carbocycles. The van der Waals surface area contributed by atoms with E-state index in [9.17, 15) is 14.3 Å². The summed E-state index contributed by atoms with van der Waals surface area (Å²) in [5.74, 6) is -2.43. The van der Waals surface area contributed by atoms with Crippen LogP contribution in [-0.2, 0) is 16.6 Å². The van der Waals surface area contributed by atoms with E-state index in [1.54, 1.807) is 23.9 Å². The number of aliphatic hydroxyl groups is 2. The number of thiophene rings is 1. The zero-order chi connectivity index (χ0) is 32.5. The minimum atomic E-state index is -1.59. The zero-order valence-electron chi connectivity index (χ0n) is 25.0. The molecule has 0 fully saturated rings. The number of nitrogens with one attached hydrogen (secondary N) is 2. The fraction of sp³-hybridized carbons (Fsp3) is 0.250. The van der Waals surface area contributed by atoms with Crippen LogP contribution in [0.5, 0.6) is 5.75 Å². The average molecular weight is 649 g/mol. The number of methoxy groups -OCH3 is 1. The van der Waals surface area contributed by atoms with E-state index >= 15 is 4.39 Å². The van der Waals surface area contributed by atoms with Crippen molar-refractivity contribution < 1.29 is 33.3 Å². The van der Waals surface area contributed by atoms with Crippen molar-refractivity contribution in [2.45, 2.75) is 19.1 Å². The number of aromatic amines is 1. The van der Waals surface area contributed by atoms with Gasteiger partial charge in [-0.05, 0) is 36.6 Å². The summed E-state index contributed by atoms with van der Waals surface area (Å²) < 4.78 is 43.8. The first kappa shape index (κ1) is 31.2. The number of carbonyl (C=O) groups is 1. The largest absolute Gasteiger partial charge is 0.490 e. The molecule has 4 aromatic heterocycles. The molecule has 0 bridgehead atoms. The van der Waals surface area contributed by atoms with Gasteiger partial charge in [0.15, 0.2) is 6.10 Å². The van der Waals surface area contributed by atoms with E-state index in [4.69, 9.17) is 19.6 Å². The summed E-state index contributed by atoms with van der Waals surface area (Å²) in [7, 11) is 3.36. The quantitative estimate of drug-likeness (QED) is 0.147. The molecule has 0 unspecified atom stereocenters. The molecule has 2 atom stereocenters. The third-order valence-corrected chi connectivity index (χ3v) is 8.51. The predicted octanol–water partition coefficient (Wildman–Crippen LogP) is 4.74. The maximum Gasteiger partial charge on any atom is 0.251 e. The molecule has 11 nitrogen and oxygen atoms in total. The Morgan fingerprint density at radius 3 is 2.74 bits per heavy atom. The van der Waals surface area contributed by atoms with Crippen LogP contribution in [0.1, 0.15) is 18.7 Å². The van der Waals surface area contributed by atoms with Crippen molar-refractivity contribution in [1.82, 2.24) is 30.3 Å². The number of ether oxygens (including phenoxy) is 2. The Balaban J connectivity index is 1.58. The van der Waals surface area contributed by atoms with Crippen molar-refractivity contribution in [2.75, 3.05) is 26.9 Å². The molecular formula is C32H30F2N6O5S. The second-order valence-corrected chi connectivity index (χ2v) is 11.5. The molecule has 0 aliphatic heterocycles. The molecule has 4 N–H and O–H groups in total. The Morgan fingerprint density at radius 2 is 1.96 bits per heavy atom. The van der Waals surface area contributed by atoms with Crippen LogP contribution < -0.4 is 10.1 Å². The van der Waals surface area contributed by atoms with Crippen molar-refractivity contribution >= 4 is 38.2 Å². The van der Waals surface area contributed by atoms with Gasteiger partial charge >= 0.3 is 0 Å². The molecule has 6 aromatic rings. The van der Waals surface area contributed by atoms with Crippen molar-refractivity contribution in [3.05, 3.63) is 71.4 Å². The Kier molecular flexibility index (Phi) is 8.77. The first-order chi connectivity index (χ1) is 22.2. The first-order valence-corrected chi connectivity index (χ1v) is 15.2. The number of nitrogens with zero attached hydrogens (tertiary/aromatic N) is 4. The number of hydrogen-bond acceptors (Lipinski definition) is 9. The summed E-state index contributed by atoms with van der Waals surface area (Å²) in [6.45, 7) is 1.19. The number of H-pyrrole nitrogens is 1. The minimum absolute atomic E-state index is 0.0127. The molecule has 238 valence electrons. The van der Waals surface area contributed by atoms with Crippen LogP contribution in [0, 0.1) is 11.6 Å². The minimum Gasteiger partial charge on any atom is -0.490 e. The van der Waals surface area contributed by atoms with Crippen molar-refractivity contribution in [1.29, 1.82) is 0 Å². The Morgan fingerprint density at radius 1 is 1.13 bits per heavy atom. The normalized spacial score (nSPS) is 12.9. The lowest BCUT2D eigenvalue weighted by Crippen LogP contribution is -2.38. The van der Waals surface area contributed by atoms with Crippen LogP contribution >= 0.6 is 11.3 Å². The highest BCUT2D eigenvalue weighted by Crippen LogP contribution is 2.47. The molecule has 14 heteroatoms. The molecule has 0 saturated heterocycles. The number of rotatable bonds is 11. The highest BCUT2D eigenvalue weighted by molar-refractivity contribution is 7.18. The van der Waals surface area contributed by atoms with Gasteiger partial charge in [0, 0.05) is 52.9 Å². The maximum absolute atomic E-state index is 15.9. The van der Waals surface area contributed by atoms with Gasteiger partial charge in [0.25, 0.3) is 5.91 Å². The lowest BCUT2D eigenvalue weighted by atomic mass is 9.96. The summed E-state index contributed by atoms with van der Waals surface area (Å²) in [5.41, 5.74) is 3.78. The highest BCUT2D eigenvalue weighted by atomic mass is 32.1. The molecule has 4 heterocycles. The fourth-order valence-electron chi connectivity index (χ4n) is 5.26. The van der Waals surface area contributed by atoms with Crippen LogP contribution in [0.2, 0.25) is 0 Å². The van der Waals surface area contributed by atoms with Gasteiger partial charge in [-0.25, -0.2) is 13.8 Å². The summed E-state index contributed by atoms with van der Waals surface area (Å²) in [4.78, 5) is 17.3. The van der Waals surface area contributed by atoms with E-state index in [2.05, 4.69) is 20.6 Å². The first-order valence-electron chi connectivity index (χ1n) is 14.3. The standard InChI is InChI=1S/C32H30F2N6O5S/c1-16(36-32(43)25(42)15-41)22-13-23(39-38-22)30-28(27-21(34)11-19(33)12-26(27)45-8-7-44-3)31-20(6-9-46-31)29(37-30)17-4-5-24-18(10-17)14-35-40(24)2/h4-6,9-14,16,25,41-42H,7-8,15H2,1-3H3,(H,36,43)(H,38,39)/t16-,25+/m1/s1. The van der Waals surface area contributed by atoms with Gasteiger partial charge in [-0.15, -0.1) is 11.3 Å². The SMILES string of the molecule is COCCOc1cc(F)cc(F)c1-c1c(-c2cc([C@@H](C)NC(=O)[C@@H](O)CO)[nH]n2)nc(-c2ccc3c(cnn3C)c2)c2ccsc12. The number of amides is 1. The summed E-state index contributed by atoms with van der Waals surface area (Å²) in [5, 5.41) is 36.7. The molecule has 6 rings (SSSR count). The molecule has 0 spiro atoms. The van der Waals surface area contributed by atoms with Gasteiger partial charge in [0.2, 0.25) is 0 Å². The number of carbonyl (C=O) groups excluding carboxylic acids is 1. The van der Waals surface area contributed by atoms with Crippen molar-refractivity contribution in [3.8, 4) is 39.5 Å². The van der Waals surface area contributed by atoms with Gasteiger partial charge in [-0.3, -0.25) is 14.6 Å². The summed E-state index contributed by atoms with van der Waals surface area (Å²) >= 11 is 1.37. The number of aryl methyl sites for hydroxylation is 1. The monoisotopic (exact) mass is 648 g/mol. The molecule has 0 radical (unpaired) electrons. The van der Waals surface area contributed by atoms with E-state index in [1.807, 2.05) is 36.7 Å². The summed E-state index contributed by atoms with van der Waals surface area (Å²) in [6.07, 6.45) is 0.178. The Labute approximate surface area is 265 Å². The number of pyridine rings is 1. The summed E-state index contributed by atoms with van der Waals surface area (Å²) in [6, 6.07) is 10.7. The second-order valence-electron chi connectivity index (χ2n) is 10.6. The molecule has 46 heavy (non-hydrogen) atoms. The smallest absolute Gasteiger partial charge is 0.251 e. The second kappa shape index (κ2) is 12.9. The number of aromatic nitrogens is 5. The lowest BCUT2D eigenvalue weighted by Gasteiger charge is -2.17. The van der Waals surface area contributed by atoms with E-state index in [-0.39, 0.29) is 30.2 Å². The van der Waals surface area contributed by atoms with Gasteiger partial charge in [0.1, 0.15) is 35.4 Å². The van der Waals surface area contributed by atoms with Gasteiger partial charge in [-0.2, -0.15) is 10.2 Å². The average Bonchev–Trinajstić information content (AvgIpc) is 3.81. The van der Waals surface area contributed by atoms with Gasteiger partial charge < -0.3 is 25.0 Å². The Bertz CT molecular complexity index is 2060. The fourth-order valence-corrected chi connectivity index (χ4v) is 6.21. The van der Waals surface area contributed by atoms with Gasteiger partial charge in [0.05, 0.1) is 47.9 Å². The van der Waals surface area contributed by atoms with E-state index in [0.717, 1.165) is 34.0 Å². The molecule has 0 saturated carbocycles. The molecule has 2 aromatic carbocycles. The lowest BCUT2D eigenvalue weighted by molar-refractivity contribution is -0.131. The van der Waals surface area contributed by atoms with Crippen LogP contribution in [0.3, 0.4) is 0 Å². The van der Waals surface area contributed by atoms with E-state index < -0.39 is 36.3 Å². The topological polar surface area (TPSA) is 147 Å². The molecule has 0 aliphatic rings. The predicted molar refractivity (Wildman–Crippen MR) is 169 cm³/mol. The third kappa shape index (κ3) is 5.83. The van der Waals surface area contributed by atoms with E-state index in [0.29, 0.717) is 27.3 Å². The highest BCUT2D eigenvalue weighted by Gasteiger charge is 2.27. The number of fused-ring (bicyclic) bond motifs is 2. The van der Waals surface area contributed by atoms with Crippen LogP contribution in [0.4, 0.5) is 8.78 Å². The van der Waals surface area contributed by atoms with Gasteiger partial charge in [-0.1, -0.05) is 6.07 Å². The third-order valence-electron chi connectivity index (χ3n) is 7.58. The van der Waals surface area contributed by atoms with E-state index in [1.165, 1.54) is 18.4 Å². The van der Waals surface area contributed by atoms with Crippen LogP contribution in [-0.4, -0.2) is 74.1 Å².